The maximum atomic E-state index is 11.9. The van der Waals surface area contributed by atoms with Crippen LogP contribution in [-0.2, 0) is 0 Å². The van der Waals surface area contributed by atoms with Gasteiger partial charge >= 0.3 is 23.9 Å². The molecule has 0 bridgehead atoms. The average Bonchev–Trinajstić information content (AvgIpc) is 2.88. The molecule has 0 fully saturated rings. The number of carboxylic acid groups (broad SMARTS) is 4. The van der Waals surface area contributed by atoms with Crippen LogP contribution >= 0.6 is 92.8 Å². The summed E-state index contributed by atoms with van der Waals surface area (Å²) in [6.45, 7) is 0. The third-order valence-corrected chi connectivity index (χ3v) is 9.27. The van der Waals surface area contributed by atoms with E-state index in [2.05, 4.69) is 0 Å². The topological polar surface area (TPSA) is 149 Å². The first-order valence-electron chi connectivity index (χ1n) is 12.3. The van der Waals surface area contributed by atoms with Gasteiger partial charge in [0.1, 0.15) is 0 Å². The molecule has 0 saturated heterocycles. The van der Waals surface area contributed by atoms with E-state index in [1.165, 1.54) is 48.5 Å². The average molecular weight is 786 g/mol. The predicted octanol–water partition coefficient (Wildman–Crippen LogP) is 10.7. The number of rotatable bonds is 9. The Hall–Kier alpha value is -2.92. The predicted molar refractivity (Wildman–Crippen MR) is 177 cm³/mol. The normalized spacial score (nSPS) is 11.3. The molecule has 46 heavy (non-hydrogen) atoms. The second-order valence-corrected chi connectivity index (χ2v) is 12.9. The molecular formula is C30H14Cl8O8. The lowest BCUT2D eigenvalue weighted by molar-refractivity contribution is 0.0686. The summed E-state index contributed by atoms with van der Waals surface area (Å²) < 4.78 is 0. The lowest BCUT2D eigenvalue weighted by Gasteiger charge is -2.31. The van der Waals surface area contributed by atoms with Crippen molar-refractivity contribution in [3.8, 4) is 0 Å². The van der Waals surface area contributed by atoms with Gasteiger partial charge in [-0.05, 0) is 70.8 Å². The monoisotopic (exact) mass is 782 g/mol. The van der Waals surface area contributed by atoms with Gasteiger partial charge in [0.25, 0.3) is 0 Å². The molecule has 0 saturated carbocycles. The molecule has 8 nitrogen and oxygen atoms in total. The van der Waals surface area contributed by atoms with Crippen LogP contribution in [0.15, 0.2) is 48.5 Å². The zero-order valence-electron chi connectivity index (χ0n) is 22.2. The van der Waals surface area contributed by atoms with E-state index in [9.17, 15) is 39.6 Å². The molecule has 0 aromatic heterocycles. The van der Waals surface area contributed by atoms with Gasteiger partial charge in [0.15, 0.2) is 0 Å². The summed E-state index contributed by atoms with van der Waals surface area (Å²) in [4.78, 5) is 47.5. The van der Waals surface area contributed by atoms with Gasteiger partial charge in [0.2, 0.25) is 0 Å². The molecular weight excluding hydrogens is 772 g/mol. The summed E-state index contributed by atoms with van der Waals surface area (Å²) in [5.41, 5.74) is -0.730. The highest BCUT2D eigenvalue weighted by atomic mass is 35.5. The standard InChI is InChI=1S/C30H14Cl8O8/c31-13-1-9(2-14(32)23(13)27(39)40)21(10-3-15(33)24(28(41)42)16(34)4-10)22(11-5-17(35)25(29(43)44)18(36)6-11)12-7-19(37)26(30(45)46)20(38)8-12/h1-8,21-22H,(H,39,40)(H,41,42)(H,43,44)(H,45,46). The van der Waals surface area contributed by atoms with Gasteiger partial charge in [-0.25, -0.2) is 19.2 Å². The first-order valence-corrected chi connectivity index (χ1v) is 15.4. The van der Waals surface area contributed by atoms with Crippen molar-refractivity contribution in [2.24, 2.45) is 0 Å². The third kappa shape index (κ3) is 7.00. The first-order chi connectivity index (χ1) is 21.4. The molecule has 0 radical (unpaired) electrons. The van der Waals surface area contributed by atoms with Crippen LogP contribution in [0.25, 0.3) is 0 Å². The number of carboxylic acids is 4. The van der Waals surface area contributed by atoms with E-state index in [1.54, 1.807) is 0 Å². The molecule has 0 aliphatic rings. The molecule has 4 rings (SSSR count). The maximum absolute atomic E-state index is 11.9. The van der Waals surface area contributed by atoms with Gasteiger partial charge in [0, 0.05) is 11.8 Å². The van der Waals surface area contributed by atoms with Gasteiger partial charge < -0.3 is 20.4 Å². The fourth-order valence-electron chi connectivity index (χ4n) is 5.06. The Morgan fingerprint density at radius 1 is 0.348 bits per heavy atom. The van der Waals surface area contributed by atoms with Crippen molar-refractivity contribution < 1.29 is 39.6 Å². The number of hydrogen-bond acceptors (Lipinski definition) is 4. The van der Waals surface area contributed by atoms with Crippen molar-refractivity contribution in [2.45, 2.75) is 11.8 Å². The Morgan fingerprint density at radius 2 is 0.478 bits per heavy atom. The zero-order chi connectivity index (χ0) is 34.4. The molecule has 238 valence electrons. The number of carbonyl (C=O) groups is 4. The van der Waals surface area contributed by atoms with E-state index >= 15 is 0 Å². The Bertz CT molecular complexity index is 1600. The molecule has 4 N–H and O–H groups in total. The molecule has 4 aromatic carbocycles. The summed E-state index contributed by atoms with van der Waals surface area (Å²) in [6, 6.07) is 10.4. The number of benzene rings is 4. The summed E-state index contributed by atoms with van der Waals surface area (Å²) in [7, 11) is 0. The number of halogens is 8. The molecule has 0 unspecified atom stereocenters. The van der Waals surface area contributed by atoms with Crippen molar-refractivity contribution in [2.75, 3.05) is 0 Å². The highest BCUT2D eigenvalue weighted by Gasteiger charge is 2.34. The van der Waals surface area contributed by atoms with Gasteiger partial charge in [0.05, 0.1) is 62.4 Å². The third-order valence-electron chi connectivity index (χ3n) is 6.88. The summed E-state index contributed by atoms with van der Waals surface area (Å²) >= 11 is 51.1. The zero-order valence-corrected chi connectivity index (χ0v) is 28.3. The van der Waals surface area contributed by atoms with Crippen LogP contribution in [0.4, 0.5) is 0 Å². The minimum absolute atomic E-state index is 0.226. The first kappa shape index (κ1) is 35.9. The molecule has 4 aromatic rings. The lowest BCUT2D eigenvalue weighted by atomic mass is 9.73. The van der Waals surface area contributed by atoms with Gasteiger partial charge in [-0.2, -0.15) is 0 Å². The molecule has 0 aliphatic heterocycles. The van der Waals surface area contributed by atoms with E-state index in [0.29, 0.717) is 0 Å². The maximum Gasteiger partial charge on any atom is 0.338 e. The summed E-state index contributed by atoms with van der Waals surface area (Å²) in [5, 5.41) is 36.5. The Labute approximate surface area is 299 Å². The van der Waals surface area contributed by atoms with Gasteiger partial charge in [-0.1, -0.05) is 92.8 Å². The Balaban J connectivity index is 2.20. The fourth-order valence-corrected chi connectivity index (χ4v) is 7.72. The van der Waals surface area contributed by atoms with E-state index in [4.69, 9.17) is 92.8 Å². The van der Waals surface area contributed by atoms with Crippen LogP contribution in [0.5, 0.6) is 0 Å². The van der Waals surface area contributed by atoms with E-state index in [-0.39, 0.29) is 62.4 Å². The minimum Gasteiger partial charge on any atom is -0.478 e. The highest BCUT2D eigenvalue weighted by Crippen LogP contribution is 2.49. The molecule has 0 atom stereocenters. The van der Waals surface area contributed by atoms with Crippen LogP contribution in [0.1, 0.15) is 75.5 Å². The molecule has 16 heteroatoms. The van der Waals surface area contributed by atoms with Crippen LogP contribution in [-0.4, -0.2) is 44.3 Å². The SMILES string of the molecule is O=C(O)c1c(Cl)cc(C(c2cc(Cl)c(C(=O)O)c(Cl)c2)C(c2cc(Cl)c(C(=O)O)c(Cl)c2)c2cc(Cl)c(C(=O)O)c(Cl)c2)cc1Cl. The summed E-state index contributed by atoms with van der Waals surface area (Å²) in [6.07, 6.45) is 0. The van der Waals surface area contributed by atoms with Crippen LogP contribution in [0.3, 0.4) is 0 Å². The van der Waals surface area contributed by atoms with E-state index in [0.717, 1.165) is 0 Å². The Kier molecular flexibility index (Phi) is 11.0. The van der Waals surface area contributed by atoms with E-state index in [1.807, 2.05) is 0 Å². The summed E-state index contributed by atoms with van der Waals surface area (Å²) in [5.74, 6) is -7.84. The number of aromatic carboxylic acids is 4. The van der Waals surface area contributed by atoms with Crippen molar-refractivity contribution >= 4 is 117 Å². The largest absolute Gasteiger partial charge is 0.478 e. The fraction of sp³-hybridized carbons (Fsp3) is 0.0667. The van der Waals surface area contributed by atoms with Gasteiger partial charge in [-0.15, -0.1) is 0 Å². The van der Waals surface area contributed by atoms with Crippen LogP contribution in [0.2, 0.25) is 40.2 Å². The second-order valence-electron chi connectivity index (χ2n) is 9.61. The quantitative estimate of drug-likeness (QED) is 0.131. The molecule has 0 spiro atoms. The van der Waals surface area contributed by atoms with Crippen molar-refractivity contribution in [1.82, 2.24) is 0 Å². The minimum atomic E-state index is -1.42. The van der Waals surface area contributed by atoms with Crippen LogP contribution < -0.4 is 0 Å². The Morgan fingerprint density at radius 3 is 0.587 bits per heavy atom. The van der Waals surface area contributed by atoms with Crippen molar-refractivity contribution in [1.29, 1.82) is 0 Å². The lowest BCUT2D eigenvalue weighted by Crippen LogP contribution is -2.17. The molecule has 0 heterocycles. The smallest absolute Gasteiger partial charge is 0.338 e. The van der Waals surface area contributed by atoms with Crippen LogP contribution in [0, 0.1) is 0 Å². The number of hydrogen-bond donors (Lipinski definition) is 4. The molecule has 0 amide bonds. The van der Waals surface area contributed by atoms with Crippen molar-refractivity contribution in [3.63, 3.8) is 0 Å². The van der Waals surface area contributed by atoms with Gasteiger partial charge in [-0.3, -0.25) is 0 Å². The molecule has 0 aliphatic carbocycles. The highest BCUT2D eigenvalue weighted by molar-refractivity contribution is 6.41. The van der Waals surface area contributed by atoms with E-state index < -0.39 is 58.0 Å². The second kappa shape index (κ2) is 14.1. The van der Waals surface area contributed by atoms with Crippen molar-refractivity contribution in [3.05, 3.63) is 133 Å².